The van der Waals surface area contributed by atoms with Crippen molar-refractivity contribution in [3.63, 3.8) is 0 Å². The lowest BCUT2D eigenvalue weighted by molar-refractivity contribution is 0.103. The zero-order valence-electron chi connectivity index (χ0n) is 8.58. The largest absolute Gasteiger partial charge is 0.289 e. The first-order chi connectivity index (χ1) is 8.09. The van der Waals surface area contributed by atoms with Crippen LogP contribution in [0.1, 0.15) is 15.9 Å². The summed E-state index contributed by atoms with van der Waals surface area (Å²) >= 11 is 5.19. The van der Waals surface area contributed by atoms with E-state index in [0.717, 1.165) is 3.57 Å². The number of halogens is 3. The molecule has 0 N–H and O–H groups in total. The zero-order valence-corrected chi connectivity index (χ0v) is 12.3. The van der Waals surface area contributed by atoms with Crippen molar-refractivity contribution in [1.82, 2.24) is 0 Å². The minimum Gasteiger partial charge on any atom is -0.289 e. The van der Waals surface area contributed by atoms with Gasteiger partial charge in [0.2, 0.25) is 0 Å². The average molecular weight is 405 g/mol. The third-order valence-corrected chi connectivity index (χ3v) is 3.85. The van der Waals surface area contributed by atoms with Crippen LogP contribution in [0.3, 0.4) is 0 Å². The van der Waals surface area contributed by atoms with Crippen LogP contribution >= 0.6 is 38.5 Å². The van der Waals surface area contributed by atoms with Crippen LogP contribution in [-0.2, 0) is 0 Å². The van der Waals surface area contributed by atoms with Crippen molar-refractivity contribution in [1.29, 1.82) is 0 Å². The van der Waals surface area contributed by atoms with Crippen LogP contribution in [-0.4, -0.2) is 5.78 Å². The quantitative estimate of drug-likeness (QED) is 0.534. The van der Waals surface area contributed by atoms with Crippen molar-refractivity contribution in [3.8, 4) is 0 Å². The van der Waals surface area contributed by atoms with E-state index in [-0.39, 0.29) is 11.6 Å². The molecule has 2 aromatic carbocycles. The third-order valence-electron chi connectivity index (χ3n) is 2.30. The predicted octanol–water partition coefficient (Wildman–Crippen LogP) is 4.42. The second-order valence-electron chi connectivity index (χ2n) is 3.44. The highest BCUT2D eigenvalue weighted by molar-refractivity contribution is 14.1. The van der Waals surface area contributed by atoms with Gasteiger partial charge in [-0.15, -0.1) is 0 Å². The molecule has 0 unspecified atom stereocenters. The molecule has 0 amide bonds. The van der Waals surface area contributed by atoms with Crippen LogP contribution in [0.25, 0.3) is 0 Å². The Balaban J connectivity index is 2.44. The van der Waals surface area contributed by atoms with Crippen LogP contribution < -0.4 is 0 Å². The first-order valence-corrected chi connectivity index (χ1v) is 6.71. The van der Waals surface area contributed by atoms with Crippen LogP contribution in [0.4, 0.5) is 4.39 Å². The summed E-state index contributed by atoms with van der Waals surface area (Å²) in [5, 5.41) is 0. The number of ketones is 1. The van der Waals surface area contributed by atoms with E-state index < -0.39 is 0 Å². The van der Waals surface area contributed by atoms with Crippen molar-refractivity contribution in [2.24, 2.45) is 0 Å². The maximum absolute atomic E-state index is 13.1. The molecule has 0 saturated carbocycles. The molecular weight excluding hydrogens is 398 g/mol. The molecule has 86 valence electrons. The maximum Gasteiger partial charge on any atom is 0.194 e. The molecule has 0 radical (unpaired) electrons. The van der Waals surface area contributed by atoms with E-state index in [0.29, 0.717) is 15.6 Å². The molecule has 0 atom stereocenters. The van der Waals surface area contributed by atoms with Gasteiger partial charge in [-0.1, -0.05) is 12.1 Å². The van der Waals surface area contributed by atoms with Gasteiger partial charge < -0.3 is 0 Å². The molecule has 17 heavy (non-hydrogen) atoms. The molecule has 0 aliphatic rings. The van der Waals surface area contributed by atoms with Crippen molar-refractivity contribution >= 4 is 44.3 Å². The lowest BCUT2D eigenvalue weighted by Crippen LogP contribution is -2.03. The summed E-state index contributed by atoms with van der Waals surface area (Å²) in [5.74, 6) is -0.472. The topological polar surface area (TPSA) is 17.1 Å². The Kier molecular flexibility index (Phi) is 3.93. The van der Waals surface area contributed by atoms with E-state index in [2.05, 4.69) is 38.5 Å². The van der Waals surface area contributed by atoms with Crippen LogP contribution in [0.2, 0.25) is 0 Å². The molecule has 1 nitrogen and oxygen atoms in total. The molecule has 0 aliphatic heterocycles. The van der Waals surface area contributed by atoms with E-state index in [9.17, 15) is 9.18 Å². The predicted molar refractivity (Wildman–Crippen MR) is 76.7 cm³/mol. The minimum absolute atomic E-state index is 0.101. The highest BCUT2D eigenvalue weighted by atomic mass is 127. The van der Waals surface area contributed by atoms with Crippen molar-refractivity contribution in [3.05, 3.63) is 67.5 Å². The summed E-state index contributed by atoms with van der Waals surface area (Å²) in [6, 6.07) is 11.6. The van der Waals surface area contributed by atoms with Gasteiger partial charge in [0.05, 0.1) is 4.47 Å². The fourth-order valence-electron chi connectivity index (χ4n) is 1.44. The van der Waals surface area contributed by atoms with Crippen LogP contribution in [0.5, 0.6) is 0 Å². The molecule has 0 saturated heterocycles. The number of carbonyl (C=O) groups is 1. The summed E-state index contributed by atoms with van der Waals surface area (Å²) < 4.78 is 14.3. The molecular formula is C13H7BrFIO. The standard InChI is InChI=1S/C13H7BrFIO/c14-10-7-8(5-6-11(10)15)13(17)9-3-1-2-4-12(9)16/h1-7H. The maximum atomic E-state index is 13.1. The van der Waals surface area contributed by atoms with Gasteiger partial charge in [-0.05, 0) is 68.9 Å². The highest BCUT2D eigenvalue weighted by Crippen LogP contribution is 2.21. The zero-order chi connectivity index (χ0) is 12.4. The van der Waals surface area contributed by atoms with E-state index in [4.69, 9.17) is 0 Å². The summed E-state index contributed by atoms with van der Waals surface area (Å²) in [6.45, 7) is 0. The number of carbonyl (C=O) groups excluding carboxylic acids is 1. The molecule has 2 rings (SSSR count). The van der Waals surface area contributed by atoms with Crippen molar-refractivity contribution in [2.75, 3.05) is 0 Å². The molecule has 0 aliphatic carbocycles. The van der Waals surface area contributed by atoms with Crippen molar-refractivity contribution in [2.45, 2.75) is 0 Å². The summed E-state index contributed by atoms with van der Waals surface area (Å²) in [6.07, 6.45) is 0. The highest BCUT2D eigenvalue weighted by Gasteiger charge is 2.13. The number of rotatable bonds is 2. The summed E-state index contributed by atoms with van der Waals surface area (Å²) in [7, 11) is 0. The van der Waals surface area contributed by atoms with E-state index in [1.165, 1.54) is 18.2 Å². The van der Waals surface area contributed by atoms with Gasteiger partial charge >= 0.3 is 0 Å². The second kappa shape index (κ2) is 5.27. The van der Waals surface area contributed by atoms with Gasteiger partial charge in [0.15, 0.2) is 5.78 Å². The van der Waals surface area contributed by atoms with Crippen LogP contribution in [0.15, 0.2) is 46.9 Å². The van der Waals surface area contributed by atoms with Gasteiger partial charge in [0, 0.05) is 14.7 Å². The monoisotopic (exact) mass is 404 g/mol. The lowest BCUT2D eigenvalue weighted by Gasteiger charge is -2.04. The Labute approximate surface area is 120 Å². The number of benzene rings is 2. The van der Waals surface area contributed by atoms with Gasteiger partial charge in [-0.25, -0.2) is 4.39 Å². The SMILES string of the molecule is O=C(c1ccc(F)c(Br)c1)c1ccccc1I. The number of hydrogen-bond donors (Lipinski definition) is 0. The van der Waals surface area contributed by atoms with Gasteiger partial charge in [-0.3, -0.25) is 4.79 Å². The Morgan fingerprint density at radius 3 is 2.53 bits per heavy atom. The Bertz CT molecular complexity index is 583. The fourth-order valence-corrected chi connectivity index (χ4v) is 2.45. The molecule has 0 fully saturated rings. The van der Waals surface area contributed by atoms with E-state index in [1.54, 1.807) is 6.07 Å². The lowest BCUT2D eigenvalue weighted by atomic mass is 10.0. The van der Waals surface area contributed by atoms with Gasteiger partial charge in [0.1, 0.15) is 5.82 Å². The molecule has 2 aromatic rings. The Morgan fingerprint density at radius 1 is 1.18 bits per heavy atom. The van der Waals surface area contributed by atoms with Crippen LogP contribution in [0, 0.1) is 9.39 Å². The average Bonchev–Trinajstić information content (AvgIpc) is 2.32. The smallest absolute Gasteiger partial charge is 0.194 e. The second-order valence-corrected chi connectivity index (χ2v) is 5.45. The Hall–Kier alpha value is -0.750. The normalized spacial score (nSPS) is 10.3. The number of hydrogen-bond acceptors (Lipinski definition) is 1. The fraction of sp³-hybridized carbons (Fsp3) is 0. The summed E-state index contributed by atoms with van der Waals surface area (Å²) in [4.78, 5) is 12.2. The van der Waals surface area contributed by atoms with E-state index >= 15 is 0 Å². The summed E-state index contributed by atoms with van der Waals surface area (Å²) in [5.41, 5.74) is 1.11. The van der Waals surface area contributed by atoms with Gasteiger partial charge in [0.25, 0.3) is 0 Å². The van der Waals surface area contributed by atoms with E-state index in [1.807, 2.05) is 18.2 Å². The minimum atomic E-state index is -0.371. The molecule has 0 bridgehead atoms. The van der Waals surface area contributed by atoms with Crippen molar-refractivity contribution < 1.29 is 9.18 Å². The molecule has 4 heteroatoms. The molecule has 0 aromatic heterocycles. The Morgan fingerprint density at radius 2 is 1.88 bits per heavy atom. The molecule has 0 heterocycles. The van der Waals surface area contributed by atoms with Gasteiger partial charge in [-0.2, -0.15) is 0 Å². The molecule has 0 spiro atoms. The first-order valence-electron chi connectivity index (χ1n) is 4.84. The first kappa shape index (κ1) is 12.7. The third kappa shape index (κ3) is 2.74.